The van der Waals surface area contributed by atoms with Gasteiger partial charge in [-0.25, -0.2) is 14.4 Å². The van der Waals surface area contributed by atoms with Gasteiger partial charge in [-0.15, -0.1) is 0 Å². The highest BCUT2D eigenvalue weighted by Crippen LogP contribution is 2.38. The van der Waals surface area contributed by atoms with E-state index in [9.17, 15) is 32.3 Å². The number of nitrogens with zero attached hydrogens (tertiary/aromatic N) is 4. The number of nitrogens with two attached hydrogens (primary N) is 1. The van der Waals surface area contributed by atoms with Crippen molar-refractivity contribution < 1.29 is 46.6 Å². The molecule has 56 heavy (non-hydrogen) atoms. The second kappa shape index (κ2) is 17.7. The van der Waals surface area contributed by atoms with Crippen LogP contribution >= 0.6 is 11.6 Å². The highest BCUT2D eigenvalue weighted by atomic mass is 35.5. The average Bonchev–Trinajstić information content (AvgIpc) is 3.36. The van der Waals surface area contributed by atoms with Crippen molar-refractivity contribution in [2.45, 2.75) is 44.0 Å². The highest BCUT2D eigenvalue weighted by Gasteiger charge is 2.38. The van der Waals surface area contributed by atoms with Crippen molar-refractivity contribution in [2.75, 3.05) is 82.1 Å². The van der Waals surface area contributed by atoms with Crippen LogP contribution in [0.15, 0.2) is 60.7 Å². The first-order valence-electron chi connectivity index (χ1n) is 18.4. The van der Waals surface area contributed by atoms with Gasteiger partial charge in [-0.05, 0) is 72.9 Å². The largest absolute Gasteiger partial charge is 0.460 e. The van der Waals surface area contributed by atoms with Gasteiger partial charge in [-0.2, -0.15) is 13.2 Å². The third kappa shape index (κ3) is 9.59. The number of benzene rings is 3. The maximum absolute atomic E-state index is 14.1. The Morgan fingerprint density at radius 3 is 2.30 bits per heavy atom. The predicted octanol–water partition coefficient (Wildman–Crippen LogP) is 5.70. The molecule has 300 valence electrons. The van der Waals surface area contributed by atoms with Crippen LogP contribution in [0, 0.1) is 0 Å². The van der Waals surface area contributed by atoms with E-state index in [1.165, 1.54) is 23.0 Å². The summed E-state index contributed by atoms with van der Waals surface area (Å²) in [6, 6.07) is 16.2. The molecular weight excluding hydrogens is 757 g/mol. The van der Waals surface area contributed by atoms with E-state index in [2.05, 4.69) is 5.32 Å². The number of nitrogen functional groups attached to an aromatic ring is 1. The monoisotopic (exact) mass is 800 g/mol. The molecule has 6 rings (SSSR count). The number of piperidine rings is 1. The molecule has 4 amide bonds. The smallest absolute Gasteiger partial charge is 0.418 e. The van der Waals surface area contributed by atoms with Crippen LogP contribution in [0.5, 0.6) is 0 Å². The van der Waals surface area contributed by atoms with Crippen molar-refractivity contribution in [1.29, 1.82) is 0 Å². The molecule has 3 aromatic rings. The van der Waals surface area contributed by atoms with Crippen LogP contribution in [0.1, 0.15) is 39.9 Å². The van der Waals surface area contributed by atoms with Crippen LogP contribution in [0.2, 0.25) is 5.02 Å². The molecule has 1 atom stereocenters. The first-order chi connectivity index (χ1) is 26.8. The Labute approximate surface area is 327 Å². The third-order valence-electron chi connectivity index (χ3n) is 10.3. The summed E-state index contributed by atoms with van der Waals surface area (Å²) < 4.78 is 57.5. The molecule has 0 radical (unpaired) electrons. The van der Waals surface area contributed by atoms with E-state index in [0.717, 1.165) is 23.0 Å². The van der Waals surface area contributed by atoms with Gasteiger partial charge < -0.3 is 44.9 Å². The van der Waals surface area contributed by atoms with E-state index in [-0.39, 0.29) is 68.5 Å². The number of anilines is 3. The molecule has 0 bridgehead atoms. The third-order valence-corrected chi connectivity index (χ3v) is 10.6. The Kier molecular flexibility index (Phi) is 12.8. The summed E-state index contributed by atoms with van der Waals surface area (Å²) >= 11 is 6.11. The molecule has 3 aliphatic heterocycles. The number of carbonyl (C=O) groups is 4. The summed E-state index contributed by atoms with van der Waals surface area (Å²) in [5.41, 5.74) is 6.90. The summed E-state index contributed by atoms with van der Waals surface area (Å²) in [6.07, 6.45) is -5.82. The van der Waals surface area contributed by atoms with Gasteiger partial charge in [0.25, 0.3) is 5.91 Å². The maximum atomic E-state index is 14.1. The predicted molar refractivity (Wildman–Crippen MR) is 203 cm³/mol. The Bertz CT molecular complexity index is 1900. The second-order valence-corrected chi connectivity index (χ2v) is 14.3. The molecule has 13 nitrogen and oxygen atoms in total. The van der Waals surface area contributed by atoms with Gasteiger partial charge in [0.05, 0.1) is 28.4 Å². The molecule has 2 saturated heterocycles. The fourth-order valence-electron chi connectivity index (χ4n) is 7.21. The lowest BCUT2D eigenvalue weighted by atomic mass is 10.0. The summed E-state index contributed by atoms with van der Waals surface area (Å²) in [5, 5.41) is 2.64. The van der Waals surface area contributed by atoms with Crippen molar-refractivity contribution in [3.63, 3.8) is 0 Å². The molecule has 2 fully saturated rings. The Hall–Kier alpha value is -5.22. The van der Waals surface area contributed by atoms with Gasteiger partial charge in [0.1, 0.15) is 6.61 Å². The number of nitrogens with one attached hydrogen (secondary N) is 1. The van der Waals surface area contributed by atoms with Crippen LogP contribution < -0.4 is 16.0 Å². The standard InChI is InChI=1S/C39H44ClF3N6O7/c1-54-20-21-55-36(51)27-6-8-28(9-7-27)46-16-18-47(19-17-46)35(50)33(24-25-22-30(39(41,42)43)34(44)31(40)23-25)56-38(53)48-13-11-29(12-14-48)49-15-10-26-4-2-3-5-32(26)45-37(49)52/h2-9,22-23,29,33H,10-21,24,44H2,1H3,(H,45,52)/t33-/m1/s1. The van der Waals surface area contributed by atoms with Gasteiger partial charge in [0.15, 0.2) is 6.10 Å². The molecule has 0 unspecified atom stereocenters. The zero-order valence-corrected chi connectivity index (χ0v) is 31.6. The van der Waals surface area contributed by atoms with Crippen LogP contribution in [0.3, 0.4) is 0 Å². The number of alkyl halides is 3. The van der Waals surface area contributed by atoms with Crippen molar-refractivity contribution in [1.82, 2.24) is 14.7 Å². The zero-order chi connectivity index (χ0) is 40.0. The first kappa shape index (κ1) is 40.4. The SMILES string of the molecule is COCCOC(=O)c1ccc(N2CCN(C(=O)[C@@H](Cc3cc(Cl)c(N)c(C(F)(F)F)c3)OC(=O)N3CCC(N4CCc5ccccc5NC4=O)CC3)CC2)cc1. The van der Waals surface area contributed by atoms with Crippen molar-refractivity contribution in [2.24, 2.45) is 0 Å². The molecule has 3 heterocycles. The number of amides is 4. The Morgan fingerprint density at radius 2 is 1.62 bits per heavy atom. The number of ether oxygens (including phenoxy) is 3. The van der Waals surface area contributed by atoms with Gasteiger partial charge in [-0.1, -0.05) is 29.8 Å². The van der Waals surface area contributed by atoms with Gasteiger partial charge in [0.2, 0.25) is 0 Å². The fraction of sp³-hybridized carbons (Fsp3) is 0.436. The van der Waals surface area contributed by atoms with E-state index in [4.69, 9.17) is 31.5 Å². The number of halogens is 4. The Morgan fingerprint density at radius 1 is 0.929 bits per heavy atom. The van der Waals surface area contributed by atoms with Crippen LogP contribution in [-0.4, -0.2) is 117 Å². The van der Waals surface area contributed by atoms with Crippen LogP contribution in [-0.2, 0) is 38.0 Å². The first-order valence-corrected chi connectivity index (χ1v) is 18.8. The normalized spacial score (nSPS) is 17.1. The van der Waals surface area contributed by atoms with Crippen molar-refractivity contribution in [3.8, 4) is 0 Å². The quantitative estimate of drug-likeness (QED) is 0.150. The molecule has 3 aromatic carbocycles. The average molecular weight is 801 g/mol. The molecule has 0 aliphatic carbocycles. The van der Waals surface area contributed by atoms with E-state index in [1.807, 2.05) is 29.2 Å². The number of rotatable bonds is 10. The lowest BCUT2D eigenvalue weighted by Gasteiger charge is -2.39. The number of esters is 1. The number of para-hydroxylation sites is 1. The second-order valence-electron chi connectivity index (χ2n) is 13.9. The number of carbonyl (C=O) groups excluding carboxylic acids is 4. The lowest BCUT2D eigenvalue weighted by Crippen LogP contribution is -2.54. The minimum atomic E-state index is -4.81. The van der Waals surface area contributed by atoms with E-state index < -0.39 is 41.5 Å². The summed E-state index contributed by atoms with van der Waals surface area (Å²) in [7, 11) is 1.51. The molecule has 3 N–H and O–H groups in total. The van der Waals surface area contributed by atoms with Gasteiger partial charge in [0, 0.05) is 76.8 Å². The minimum Gasteiger partial charge on any atom is -0.460 e. The number of urea groups is 1. The topological polar surface area (TPSA) is 147 Å². The molecule has 0 saturated carbocycles. The van der Waals surface area contributed by atoms with Crippen molar-refractivity contribution in [3.05, 3.63) is 87.9 Å². The van der Waals surface area contributed by atoms with Gasteiger partial charge >= 0.3 is 24.3 Å². The molecule has 17 heteroatoms. The number of hydrogen-bond donors (Lipinski definition) is 2. The minimum absolute atomic E-state index is 0.0222. The zero-order valence-electron chi connectivity index (χ0n) is 30.9. The lowest BCUT2D eigenvalue weighted by molar-refractivity contribution is -0.141. The van der Waals surface area contributed by atoms with E-state index in [1.54, 1.807) is 29.2 Å². The number of methoxy groups -OCH3 is 1. The highest BCUT2D eigenvalue weighted by molar-refractivity contribution is 6.33. The van der Waals surface area contributed by atoms with E-state index >= 15 is 0 Å². The number of fused-ring (bicyclic) bond motifs is 1. The molecule has 0 aromatic heterocycles. The number of piperazine rings is 1. The van der Waals surface area contributed by atoms with Crippen molar-refractivity contribution >= 4 is 52.7 Å². The van der Waals surface area contributed by atoms with Crippen LogP contribution in [0.25, 0.3) is 0 Å². The van der Waals surface area contributed by atoms with Crippen LogP contribution in [0.4, 0.5) is 39.8 Å². The number of hydrogen-bond acceptors (Lipinski definition) is 9. The fourth-order valence-corrected chi connectivity index (χ4v) is 7.45. The molecular formula is C39H44ClF3N6O7. The number of likely N-dealkylation sites (tertiary alicyclic amines) is 1. The van der Waals surface area contributed by atoms with E-state index in [0.29, 0.717) is 44.5 Å². The summed E-state index contributed by atoms with van der Waals surface area (Å²) in [4.78, 5) is 59.9. The molecule has 3 aliphatic rings. The summed E-state index contributed by atoms with van der Waals surface area (Å²) in [5.74, 6) is -1.04. The van der Waals surface area contributed by atoms with Gasteiger partial charge in [-0.3, -0.25) is 4.79 Å². The maximum Gasteiger partial charge on any atom is 0.418 e. The Balaban J connectivity index is 1.11. The summed E-state index contributed by atoms with van der Waals surface area (Å²) in [6.45, 7) is 2.69. The molecule has 0 spiro atoms.